The second kappa shape index (κ2) is 5.97. The molecule has 0 saturated carbocycles. The molecule has 1 heterocycles. The molecular weight excluding hydrogens is 241 g/mol. The number of aryl methyl sites for hydroxylation is 1. The lowest BCUT2D eigenvalue weighted by molar-refractivity contribution is 0.473. The summed E-state index contributed by atoms with van der Waals surface area (Å²) in [5.41, 5.74) is 1.81. The highest BCUT2D eigenvalue weighted by molar-refractivity contribution is 5.21. The molecule has 0 bridgehead atoms. The summed E-state index contributed by atoms with van der Waals surface area (Å²) in [5, 5.41) is 7.65. The molecule has 2 aromatic rings. The Hall–Kier alpha value is -1.68. The molecule has 0 aliphatic carbocycles. The first-order valence-corrected chi connectivity index (χ1v) is 6.64. The number of benzene rings is 1. The lowest BCUT2D eigenvalue weighted by atomic mass is 10.1. The largest absolute Gasteiger partial charge is 0.303 e. The Labute approximate surface area is 113 Å². The van der Waals surface area contributed by atoms with E-state index >= 15 is 0 Å². The maximum atomic E-state index is 13.7. The van der Waals surface area contributed by atoms with E-state index in [9.17, 15) is 4.39 Å². The van der Waals surface area contributed by atoms with Crippen molar-refractivity contribution in [3.05, 3.63) is 53.6 Å². The van der Waals surface area contributed by atoms with Gasteiger partial charge in [0.05, 0.1) is 6.20 Å². The van der Waals surface area contributed by atoms with Gasteiger partial charge in [-0.3, -0.25) is 4.68 Å². The van der Waals surface area contributed by atoms with Gasteiger partial charge >= 0.3 is 0 Å². The van der Waals surface area contributed by atoms with Crippen LogP contribution in [0.2, 0.25) is 0 Å². The van der Waals surface area contributed by atoms with Crippen LogP contribution in [0.15, 0.2) is 36.7 Å². The zero-order valence-electron chi connectivity index (χ0n) is 11.6. The standard InChI is InChI=1S/C15H20FN3/c1-4-19-10-13(9-17-19)11(2)18-12(3)14-7-5-6-8-15(14)16/h5-12,18H,4H2,1-3H3. The molecule has 1 N–H and O–H groups in total. The van der Waals surface area contributed by atoms with Gasteiger partial charge in [-0.15, -0.1) is 0 Å². The van der Waals surface area contributed by atoms with E-state index < -0.39 is 0 Å². The van der Waals surface area contributed by atoms with Gasteiger partial charge in [-0.05, 0) is 26.8 Å². The van der Waals surface area contributed by atoms with Crippen LogP contribution in [-0.4, -0.2) is 9.78 Å². The monoisotopic (exact) mass is 261 g/mol. The van der Waals surface area contributed by atoms with Crippen LogP contribution in [0.5, 0.6) is 0 Å². The highest BCUT2D eigenvalue weighted by Crippen LogP contribution is 2.21. The minimum Gasteiger partial charge on any atom is -0.303 e. The van der Waals surface area contributed by atoms with Crippen molar-refractivity contribution in [2.45, 2.75) is 39.4 Å². The highest BCUT2D eigenvalue weighted by Gasteiger charge is 2.14. The Kier molecular flexibility index (Phi) is 4.32. The molecule has 3 nitrogen and oxygen atoms in total. The van der Waals surface area contributed by atoms with Gasteiger partial charge in [-0.1, -0.05) is 18.2 Å². The normalized spacial score (nSPS) is 14.3. The van der Waals surface area contributed by atoms with E-state index in [2.05, 4.69) is 24.3 Å². The lowest BCUT2D eigenvalue weighted by Gasteiger charge is -2.19. The fourth-order valence-corrected chi connectivity index (χ4v) is 2.16. The van der Waals surface area contributed by atoms with Crippen LogP contribution < -0.4 is 5.32 Å². The van der Waals surface area contributed by atoms with Crippen LogP contribution in [0.4, 0.5) is 4.39 Å². The fourth-order valence-electron chi connectivity index (χ4n) is 2.16. The van der Waals surface area contributed by atoms with Crippen LogP contribution in [-0.2, 0) is 6.54 Å². The van der Waals surface area contributed by atoms with Crippen LogP contribution in [0.3, 0.4) is 0 Å². The number of rotatable bonds is 5. The minimum absolute atomic E-state index is 0.0406. The molecule has 102 valence electrons. The molecule has 1 aromatic heterocycles. The highest BCUT2D eigenvalue weighted by atomic mass is 19.1. The molecule has 0 spiro atoms. The quantitative estimate of drug-likeness (QED) is 0.893. The molecule has 19 heavy (non-hydrogen) atoms. The van der Waals surface area contributed by atoms with Gasteiger partial charge in [0.2, 0.25) is 0 Å². The summed E-state index contributed by atoms with van der Waals surface area (Å²) in [7, 11) is 0. The predicted molar refractivity (Wildman–Crippen MR) is 74.3 cm³/mol. The summed E-state index contributed by atoms with van der Waals surface area (Å²) in [6.07, 6.45) is 3.88. The van der Waals surface area contributed by atoms with Crippen molar-refractivity contribution in [2.24, 2.45) is 0 Å². The second-order valence-electron chi connectivity index (χ2n) is 4.76. The number of nitrogens with one attached hydrogen (secondary N) is 1. The van der Waals surface area contributed by atoms with Crippen molar-refractivity contribution in [3.63, 3.8) is 0 Å². The van der Waals surface area contributed by atoms with Crippen molar-refractivity contribution in [2.75, 3.05) is 0 Å². The maximum absolute atomic E-state index is 13.7. The predicted octanol–water partition coefficient (Wildman–Crippen LogP) is 3.45. The minimum atomic E-state index is -0.168. The summed E-state index contributed by atoms with van der Waals surface area (Å²) in [4.78, 5) is 0. The van der Waals surface area contributed by atoms with Gasteiger partial charge in [0, 0.05) is 36.0 Å². The first-order valence-electron chi connectivity index (χ1n) is 6.64. The van der Waals surface area contributed by atoms with Crippen LogP contribution in [0.1, 0.15) is 44.0 Å². The molecule has 0 aliphatic heterocycles. The summed E-state index contributed by atoms with van der Waals surface area (Å²) in [6, 6.07) is 6.97. The van der Waals surface area contributed by atoms with E-state index in [1.807, 2.05) is 36.1 Å². The van der Waals surface area contributed by atoms with Gasteiger partial charge in [0.1, 0.15) is 5.82 Å². The summed E-state index contributed by atoms with van der Waals surface area (Å²) in [6.45, 7) is 6.94. The molecule has 2 atom stereocenters. The smallest absolute Gasteiger partial charge is 0.127 e. The van der Waals surface area contributed by atoms with Crippen LogP contribution in [0, 0.1) is 5.82 Å². The molecule has 4 heteroatoms. The van der Waals surface area contributed by atoms with E-state index in [1.165, 1.54) is 6.07 Å². The zero-order valence-corrected chi connectivity index (χ0v) is 11.6. The van der Waals surface area contributed by atoms with Gasteiger partial charge in [-0.2, -0.15) is 5.10 Å². The third-order valence-electron chi connectivity index (χ3n) is 3.35. The first kappa shape index (κ1) is 13.7. The molecule has 1 aromatic carbocycles. The van der Waals surface area contributed by atoms with Crippen molar-refractivity contribution in [1.29, 1.82) is 0 Å². The second-order valence-corrected chi connectivity index (χ2v) is 4.76. The molecule has 0 amide bonds. The molecule has 0 aliphatic rings. The number of halogens is 1. The molecule has 0 saturated heterocycles. The first-order chi connectivity index (χ1) is 9.11. The van der Waals surface area contributed by atoms with E-state index in [0.717, 1.165) is 12.1 Å². The average molecular weight is 261 g/mol. The van der Waals surface area contributed by atoms with Crippen molar-refractivity contribution in [3.8, 4) is 0 Å². The third kappa shape index (κ3) is 3.20. The number of hydrogen-bond acceptors (Lipinski definition) is 2. The summed E-state index contributed by atoms with van der Waals surface area (Å²) < 4.78 is 15.6. The topological polar surface area (TPSA) is 29.9 Å². The van der Waals surface area contributed by atoms with E-state index in [1.54, 1.807) is 6.07 Å². The Morgan fingerprint density at radius 3 is 2.63 bits per heavy atom. The van der Waals surface area contributed by atoms with E-state index in [-0.39, 0.29) is 17.9 Å². The SMILES string of the molecule is CCn1cc(C(C)NC(C)c2ccccc2F)cn1. The summed E-state index contributed by atoms with van der Waals surface area (Å²) >= 11 is 0. The molecule has 2 unspecified atom stereocenters. The average Bonchev–Trinajstić information content (AvgIpc) is 2.88. The number of aromatic nitrogens is 2. The zero-order chi connectivity index (χ0) is 13.8. The molecule has 2 rings (SSSR count). The maximum Gasteiger partial charge on any atom is 0.127 e. The van der Waals surface area contributed by atoms with Crippen molar-refractivity contribution in [1.82, 2.24) is 15.1 Å². The third-order valence-corrected chi connectivity index (χ3v) is 3.35. The molecule has 0 fully saturated rings. The molecule has 0 radical (unpaired) electrons. The summed E-state index contributed by atoms with van der Waals surface area (Å²) in [5.74, 6) is -0.168. The van der Waals surface area contributed by atoms with Gasteiger partial charge in [-0.25, -0.2) is 4.39 Å². The Bertz CT molecular complexity index is 536. The van der Waals surface area contributed by atoms with Crippen LogP contribution >= 0.6 is 0 Å². The fraction of sp³-hybridized carbons (Fsp3) is 0.400. The number of nitrogens with zero attached hydrogens (tertiary/aromatic N) is 2. The van der Waals surface area contributed by atoms with Gasteiger partial charge in [0.15, 0.2) is 0 Å². The Morgan fingerprint density at radius 1 is 1.26 bits per heavy atom. The van der Waals surface area contributed by atoms with Crippen molar-refractivity contribution < 1.29 is 4.39 Å². The lowest BCUT2D eigenvalue weighted by Crippen LogP contribution is -2.23. The van der Waals surface area contributed by atoms with E-state index in [0.29, 0.717) is 5.56 Å². The van der Waals surface area contributed by atoms with Gasteiger partial charge in [0.25, 0.3) is 0 Å². The van der Waals surface area contributed by atoms with Gasteiger partial charge < -0.3 is 5.32 Å². The number of hydrogen-bond donors (Lipinski definition) is 1. The molecular formula is C15H20FN3. The Morgan fingerprint density at radius 2 is 2.00 bits per heavy atom. The van der Waals surface area contributed by atoms with E-state index in [4.69, 9.17) is 0 Å². The van der Waals surface area contributed by atoms with Crippen LogP contribution in [0.25, 0.3) is 0 Å². The van der Waals surface area contributed by atoms with Crippen molar-refractivity contribution >= 4 is 0 Å². The Balaban J connectivity index is 2.06.